The molecule has 4 N–H and O–H groups in total. The van der Waals surface area contributed by atoms with Gasteiger partial charge in [0.15, 0.2) is 5.76 Å². The fraction of sp³-hybridized carbons (Fsp3) is 0.250. The van der Waals surface area contributed by atoms with Crippen LogP contribution in [-0.2, 0) is 16.6 Å². The van der Waals surface area contributed by atoms with Crippen LogP contribution in [0.5, 0.6) is 0 Å². The Morgan fingerprint density at radius 2 is 2.10 bits per heavy atom. The van der Waals surface area contributed by atoms with Crippen molar-refractivity contribution in [2.75, 3.05) is 18.1 Å². The normalized spacial score (nSPS) is 11.5. The van der Waals surface area contributed by atoms with Crippen LogP contribution in [0.3, 0.4) is 0 Å². The van der Waals surface area contributed by atoms with Gasteiger partial charge in [-0.2, -0.15) is 0 Å². The first kappa shape index (κ1) is 14.4. The molecule has 1 aromatic carbocycles. The molecule has 0 radical (unpaired) electrons. The van der Waals surface area contributed by atoms with E-state index in [0.717, 1.165) is 5.69 Å². The third-order valence-corrected chi connectivity index (χ3v) is 4.15. The van der Waals surface area contributed by atoms with E-state index in [1.165, 1.54) is 25.2 Å². The predicted molar refractivity (Wildman–Crippen MR) is 75.7 cm³/mol. The molecule has 1 heterocycles. The molecule has 2 rings (SSSR count). The average Bonchev–Trinajstić information content (AvgIpc) is 2.83. The van der Waals surface area contributed by atoms with Gasteiger partial charge < -0.3 is 15.6 Å². The van der Waals surface area contributed by atoms with Gasteiger partial charge in [0.25, 0.3) is 0 Å². The molecule has 1 aromatic heterocycles. The lowest BCUT2D eigenvalue weighted by Crippen LogP contribution is -2.18. The highest BCUT2D eigenvalue weighted by atomic mass is 32.2. The molecule has 20 heavy (non-hydrogen) atoms. The summed E-state index contributed by atoms with van der Waals surface area (Å²) in [6.45, 7) is 2.19. The Balaban J connectivity index is 2.21. The van der Waals surface area contributed by atoms with E-state index in [9.17, 15) is 8.42 Å². The second kappa shape index (κ2) is 5.51. The molecular weight excluding hydrogens is 280 g/mol. The summed E-state index contributed by atoms with van der Waals surface area (Å²) in [5.74, 6) is 0.642. The maximum absolute atomic E-state index is 11.7. The first-order valence-electron chi connectivity index (χ1n) is 5.91. The summed E-state index contributed by atoms with van der Waals surface area (Å²) in [6, 6.07) is 6.25. The van der Waals surface area contributed by atoms with Crippen molar-refractivity contribution >= 4 is 21.4 Å². The van der Waals surface area contributed by atoms with Crippen LogP contribution in [0, 0.1) is 6.92 Å². The highest BCUT2D eigenvalue weighted by Crippen LogP contribution is 2.23. The van der Waals surface area contributed by atoms with E-state index in [1.807, 2.05) is 6.92 Å². The van der Waals surface area contributed by atoms with Crippen LogP contribution in [0.25, 0.3) is 0 Å². The standard InChI is InChI=1S/C12H16N4O3S/c1-8-5-9(19-16-8)7-15-12-6-10(3-4-11(12)13)20(17,18)14-2/h3-6,14-15H,7,13H2,1-2H3. The number of nitrogen functional groups attached to an aromatic ring is 1. The van der Waals surface area contributed by atoms with Gasteiger partial charge in [-0.1, -0.05) is 5.16 Å². The number of rotatable bonds is 5. The van der Waals surface area contributed by atoms with Gasteiger partial charge in [-0.25, -0.2) is 13.1 Å². The van der Waals surface area contributed by atoms with Crippen LogP contribution < -0.4 is 15.8 Å². The topological polar surface area (TPSA) is 110 Å². The Labute approximate surface area is 117 Å². The Kier molecular flexibility index (Phi) is 3.96. The number of aromatic nitrogens is 1. The fourth-order valence-electron chi connectivity index (χ4n) is 1.66. The van der Waals surface area contributed by atoms with Crippen LogP contribution in [-0.4, -0.2) is 20.6 Å². The number of benzene rings is 1. The second-order valence-corrected chi connectivity index (χ2v) is 6.13. The largest absolute Gasteiger partial charge is 0.397 e. The molecule has 0 fully saturated rings. The van der Waals surface area contributed by atoms with Crippen LogP contribution in [0.15, 0.2) is 33.7 Å². The molecule has 0 saturated carbocycles. The van der Waals surface area contributed by atoms with Crippen molar-refractivity contribution < 1.29 is 12.9 Å². The van der Waals surface area contributed by atoms with Gasteiger partial charge in [0.2, 0.25) is 10.0 Å². The molecule has 0 aliphatic rings. The number of anilines is 2. The maximum Gasteiger partial charge on any atom is 0.240 e. The number of sulfonamides is 1. The number of hydrogen-bond donors (Lipinski definition) is 3. The molecule has 0 spiro atoms. The van der Waals surface area contributed by atoms with Gasteiger partial charge >= 0.3 is 0 Å². The maximum atomic E-state index is 11.7. The van der Waals surface area contributed by atoms with E-state index in [4.69, 9.17) is 10.3 Å². The molecule has 0 aliphatic carbocycles. The fourth-order valence-corrected chi connectivity index (χ4v) is 2.41. The van der Waals surface area contributed by atoms with Crippen LogP contribution in [0.2, 0.25) is 0 Å². The molecule has 0 unspecified atom stereocenters. The monoisotopic (exact) mass is 296 g/mol. The molecular formula is C12H16N4O3S. The van der Waals surface area contributed by atoms with Gasteiger partial charge in [-0.3, -0.25) is 0 Å². The highest BCUT2D eigenvalue weighted by Gasteiger charge is 2.13. The van der Waals surface area contributed by atoms with Crippen molar-refractivity contribution in [1.29, 1.82) is 0 Å². The van der Waals surface area contributed by atoms with Gasteiger partial charge in [0.1, 0.15) is 0 Å². The highest BCUT2D eigenvalue weighted by molar-refractivity contribution is 7.89. The number of nitrogens with one attached hydrogen (secondary N) is 2. The van der Waals surface area contributed by atoms with Crippen molar-refractivity contribution in [2.45, 2.75) is 18.4 Å². The Hall–Kier alpha value is -2.06. The van der Waals surface area contributed by atoms with Crippen molar-refractivity contribution in [1.82, 2.24) is 9.88 Å². The molecule has 0 aliphatic heterocycles. The molecule has 2 aromatic rings. The van der Waals surface area contributed by atoms with Crippen LogP contribution in [0.1, 0.15) is 11.5 Å². The zero-order valence-electron chi connectivity index (χ0n) is 11.2. The minimum Gasteiger partial charge on any atom is -0.397 e. The van der Waals surface area contributed by atoms with E-state index in [1.54, 1.807) is 6.07 Å². The smallest absolute Gasteiger partial charge is 0.240 e. The molecule has 0 amide bonds. The molecule has 8 heteroatoms. The van der Waals surface area contributed by atoms with Gasteiger partial charge in [-0.15, -0.1) is 0 Å². The van der Waals surface area contributed by atoms with E-state index >= 15 is 0 Å². The van der Waals surface area contributed by atoms with Crippen molar-refractivity contribution in [2.24, 2.45) is 0 Å². The lowest BCUT2D eigenvalue weighted by Gasteiger charge is -2.10. The summed E-state index contributed by atoms with van der Waals surface area (Å²) in [7, 11) is -2.14. The third kappa shape index (κ3) is 3.09. The first-order chi connectivity index (χ1) is 9.42. The molecule has 0 atom stereocenters. The quantitative estimate of drug-likeness (QED) is 0.712. The first-order valence-corrected chi connectivity index (χ1v) is 7.40. The predicted octanol–water partition coefficient (Wildman–Crippen LogP) is 1.09. The molecule has 108 valence electrons. The van der Waals surface area contributed by atoms with Crippen LogP contribution >= 0.6 is 0 Å². The Morgan fingerprint density at radius 1 is 1.35 bits per heavy atom. The molecule has 0 bridgehead atoms. The number of hydrogen-bond acceptors (Lipinski definition) is 6. The Morgan fingerprint density at radius 3 is 2.70 bits per heavy atom. The zero-order chi connectivity index (χ0) is 14.8. The molecule has 7 nitrogen and oxygen atoms in total. The summed E-state index contributed by atoms with van der Waals surface area (Å²) in [6.07, 6.45) is 0. The summed E-state index contributed by atoms with van der Waals surface area (Å²) in [5.41, 5.74) is 7.58. The van der Waals surface area contributed by atoms with Crippen molar-refractivity contribution in [3.05, 3.63) is 35.7 Å². The molecule has 0 saturated heterocycles. The zero-order valence-corrected chi connectivity index (χ0v) is 12.0. The number of aryl methyl sites for hydroxylation is 1. The van der Waals surface area contributed by atoms with Gasteiger partial charge in [0.05, 0.1) is 28.5 Å². The third-order valence-electron chi connectivity index (χ3n) is 2.73. The van der Waals surface area contributed by atoms with Crippen LogP contribution in [0.4, 0.5) is 11.4 Å². The summed E-state index contributed by atoms with van der Waals surface area (Å²) in [5, 5.41) is 6.80. The van der Waals surface area contributed by atoms with E-state index in [-0.39, 0.29) is 4.90 Å². The minimum absolute atomic E-state index is 0.144. The van der Waals surface area contributed by atoms with Gasteiger partial charge in [-0.05, 0) is 32.2 Å². The number of nitrogens with two attached hydrogens (primary N) is 1. The van der Waals surface area contributed by atoms with E-state index in [0.29, 0.717) is 23.7 Å². The minimum atomic E-state index is -3.50. The number of nitrogens with zero attached hydrogens (tertiary/aromatic N) is 1. The van der Waals surface area contributed by atoms with Crippen molar-refractivity contribution in [3.8, 4) is 0 Å². The average molecular weight is 296 g/mol. The van der Waals surface area contributed by atoms with Crippen molar-refractivity contribution in [3.63, 3.8) is 0 Å². The summed E-state index contributed by atoms with van der Waals surface area (Å²) in [4.78, 5) is 0.144. The summed E-state index contributed by atoms with van der Waals surface area (Å²) < 4.78 is 30.8. The SMILES string of the molecule is CNS(=O)(=O)c1ccc(N)c(NCc2cc(C)no2)c1. The summed E-state index contributed by atoms with van der Waals surface area (Å²) >= 11 is 0. The Bertz CT molecular complexity index is 709. The lowest BCUT2D eigenvalue weighted by atomic mass is 10.2. The second-order valence-electron chi connectivity index (χ2n) is 4.24. The van der Waals surface area contributed by atoms with E-state index in [2.05, 4.69) is 15.2 Å². The lowest BCUT2D eigenvalue weighted by molar-refractivity contribution is 0.384. The van der Waals surface area contributed by atoms with Gasteiger partial charge in [0, 0.05) is 6.07 Å². The van der Waals surface area contributed by atoms with E-state index < -0.39 is 10.0 Å².